The van der Waals surface area contributed by atoms with Crippen LogP contribution in [0, 0.1) is 5.41 Å². The Morgan fingerprint density at radius 2 is 1.51 bits per heavy atom. The van der Waals surface area contributed by atoms with Crippen LogP contribution in [-0.4, -0.2) is 58.7 Å². The normalized spacial score (nSPS) is 16.7. The Hall–Kier alpha value is -3.35. The van der Waals surface area contributed by atoms with Crippen molar-refractivity contribution in [2.75, 3.05) is 32.7 Å². The number of nitrogens with zero attached hydrogens (tertiary/aromatic N) is 5. The highest BCUT2D eigenvalue weighted by molar-refractivity contribution is 5.69. The summed E-state index contributed by atoms with van der Waals surface area (Å²) < 4.78 is 0. The fourth-order valence-electron chi connectivity index (χ4n) is 4.07. The molecule has 182 valence electrons. The minimum Gasteiger partial charge on any atom is -0.384 e. The molecule has 0 aromatic carbocycles. The Balaban J connectivity index is 1.47. The monoisotopic (exact) mass is 468 g/mol. The lowest BCUT2D eigenvalue weighted by atomic mass is 9.95. The number of hydrogen-bond acceptors (Lipinski definition) is 6. The van der Waals surface area contributed by atoms with E-state index in [-0.39, 0.29) is 5.41 Å². The van der Waals surface area contributed by atoms with Crippen molar-refractivity contribution in [3.63, 3.8) is 0 Å². The second kappa shape index (κ2) is 12.4. The molecule has 0 saturated carbocycles. The van der Waals surface area contributed by atoms with Crippen molar-refractivity contribution in [3.05, 3.63) is 108 Å². The van der Waals surface area contributed by atoms with Crippen molar-refractivity contribution >= 4 is 6.21 Å². The molecule has 0 atom stereocenters. The molecule has 0 aliphatic carbocycles. The average Bonchev–Trinajstić information content (AvgIpc) is 3.04. The summed E-state index contributed by atoms with van der Waals surface area (Å²) in [6, 6.07) is 12.2. The summed E-state index contributed by atoms with van der Waals surface area (Å²) in [5.41, 5.74) is 4.43. The lowest BCUT2D eigenvalue weighted by Gasteiger charge is -2.29. The largest absolute Gasteiger partial charge is 0.384 e. The maximum atomic E-state index is 4.81. The zero-order valence-corrected chi connectivity index (χ0v) is 20.8. The molecule has 6 nitrogen and oxygen atoms in total. The van der Waals surface area contributed by atoms with Gasteiger partial charge in [-0.3, -0.25) is 24.8 Å². The van der Waals surface area contributed by atoms with Crippen LogP contribution in [0.5, 0.6) is 0 Å². The Labute approximate surface area is 209 Å². The molecule has 0 radical (unpaired) electrons. The summed E-state index contributed by atoms with van der Waals surface area (Å²) in [5.74, 6) is 0. The minimum absolute atomic E-state index is 0.0291. The number of aliphatic imine (C=N–C) groups is 1. The van der Waals surface area contributed by atoms with Gasteiger partial charge in [0.1, 0.15) is 0 Å². The van der Waals surface area contributed by atoms with E-state index in [0.29, 0.717) is 0 Å². The summed E-state index contributed by atoms with van der Waals surface area (Å²) >= 11 is 0. The van der Waals surface area contributed by atoms with Crippen molar-refractivity contribution in [1.29, 1.82) is 0 Å². The number of nitrogens with one attached hydrogen (secondary N) is 1. The third kappa shape index (κ3) is 8.42. The van der Waals surface area contributed by atoms with E-state index in [4.69, 9.17) is 4.99 Å². The maximum Gasteiger partial charge on any atom is 0.0544 e. The van der Waals surface area contributed by atoms with E-state index in [0.717, 1.165) is 62.9 Å². The van der Waals surface area contributed by atoms with Crippen molar-refractivity contribution in [2.24, 2.45) is 10.4 Å². The highest BCUT2D eigenvalue weighted by Crippen LogP contribution is 2.19. The van der Waals surface area contributed by atoms with Gasteiger partial charge < -0.3 is 5.32 Å². The Bertz CT molecular complexity index is 1080. The van der Waals surface area contributed by atoms with Gasteiger partial charge in [0.05, 0.1) is 17.1 Å². The number of rotatable bonds is 11. The van der Waals surface area contributed by atoms with E-state index in [1.54, 1.807) is 0 Å². The van der Waals surface area contributed by atoms with E-state index in [9.17, 15) is 0 Å². The molecule has 6 heteroatoms. The summed E-state index contributed by atoms with van der Waals surface area (Å²) in [4.78, 5) is 18.8. The summed E-state index contributed by atoms with van der Waals surface area (Å²) in [6.07, 6.45) is 18.7. The molecule has 0 unspecified atom stereocenters. The van der Waals surface area contributed by atoms with Gasteiger partial charge in [-0.2, -0.15) is 0 Å². The van der Waals surface area contributed by atoms with E-state index >= 15 is 0 Å². The number of hydrogen-bond donors (Lipinski definition) is 1. The first-order chi connectivity index (χ1) is 17.1. The molecule has 2 aromatic rings. The fraction of sp³-hybridized carbons (Fsp3) is 0.345. The van der Waals surface area contributed by atoms with E-state index in [1.807, 2.05) is 30.7 Å². The molecule has 0 amide bonds. The topological polar surface area (TPSA) is 56.6 Å². The van der Waals surface area contributed by atoms with Crippen LogP contribution in [0.25, 0.3) is 0 Å². The predicted molar refractivity (Wildman–Crippen MR) is 144 cm³/mol. The average molecular weight is 469 g/mol. The van der Waals surface area contributed by atoms with Gasteiger partial charge in [0.15, 0.2) is 0 Å². The lowest BCUT2D eigenvalue weighted by Crippen LogP contribution is -2.38. The number of dihydropyridines is 1. The van der Waals surface area contributed by atoms with Crippen LogP contribution >= 0.6 is 0 Å². The smallest absolute Gasteiger partial charge is 0.0544 e. The molecule has 4 rings (SSSR count). The molecule has 2 aromatic heterocycles. The zero-order chi connectivity index (χ0) is 24.3. The van der Waals surface area contributed by atoms with Crippen LogP contribution in [0.2, 0.25) is 0 Å². The molecule has 4 heterocycles. The first kappa shape index (κ1) is 24.8. The van der Waals surface area contributed by atoms with Gasteiger partial charge in [-0.05, 0) is 36.4 Å². The Morgan fingerprint density at radius 3 is 2.11 bits per heavy atom. The molecule has 0 spiro atoms. The van der Waals surface area contributed by atoms with Gasteiger partial charge in [-0.1, -0.05) is 50.3 Å². The van der Waals surface area contributed by atoms with Crippen LogP contribution in [0.1, 0.15) is 25.2 Å². The van der Waals surface area contributed by atoms with Crippen LogP contribution in [0.3, 0.4) is 0 Å². The van der Waals surface area contributed by atoms with Crippen molar-refractivity contribution < 1.29 is 0 Å². The highest BCUT2D eigenvalue weighted by Gasteiger charge is 2.17. The summed E-state index contributed by atoms with van der Waals surface area (Å²) in [7, 11) is 0. The number of pyridine rings is 2. The van der Waals surface area contributed by atoms with Gasteiger partial charge in [-0.25, -0.2) is 0 Å². The molecule has 0 bridgehead atoms. The van der Waals surface area contributed by atoms with Crippen molar-refractivity contribution in [2.45, 2.75) is 26.9 Å². The van der Waals surface area contributed by atoms with Gasteiger partial charge >= 0.3 is 0 Å². The van der Waals surface area contributed by atoms with Crippen LogP contribution in [0.4, 0.5) is 0 Å². The van der Waals surface area contributed by atoms with E-state index in [2.05, 4.69) is 99.7 Å². The number of allylic oxidation sites excluding steroid dienone is 5. The second-order valence-corrected chi connectivity index (χ2v) is 9.66. The van der Waals surface area contributed by atoms with Crippen LogP contribution in [-0.2, 0) is 13.1 Å². The zero-order valence-electron chi connectivity index (χ0n) is 20.8. The van der Waals surface area contributed by atoms with Crippen LogP contribution in [0.15, 0.2) is 102 Å². The summed E-state index contributed by atoms with van der Waals surface area (Å²) in [6.45, 7) is 10.2. The minimum atomic E-state index is -0.0291. The molecule has 2 aliphatic heterocycles. The first-order valence-electron chi connectivity index (χ1n) is 12.3. The SMILES string of the molecule is CC1(C)C=CC=C(CN(CCN(CC2=CC=CCN2)Cc2ccccn2)Cc2ccccn2)N=C1. The molecule has 1 N–H and O–H groups in total. The van der Waals surface area contributed by atoms with Gasteiger partial charge in [0, 0.05) is 75.5 Å². The molecular weight excluding hydrogens is 432 g/mol. The Kier molecular flexibility index (Phi) is 8.76. The quantitative estimate of drug-likeness (QED) is 0.531. The predicted octanol–water partition coefficient (Wildman–Crippen LogP) is 4.37. The third-order valence-corrected chi connectivity index (χ3v) is 5.99. The first-order valence-corrected chi connectivity index (χ1v) is 12.3. The molecule has 0 fully saturated rings. The maximum absolute atomic E-state index is 4.81. The molecule has 0 saturated heterocycles. The third-order valence-electron chi connectivity index (χ3n) is 5.99. The van der Waals surface area contributed by atoms with Gasteiger partial charge in [-0.15, -0.1) is 0 Å². The highest BCUT2D eigenvalue weighted by atomic mass is 15.2. The number of aromatic nitrogens is 2. The van der Waals surface area contributed by atoms with Crippen LogP contribution < -0.4 is 5.32 Å². The lowest BCUT2D eigenvalue weighted by molar-refractivity contribution is 0.207. The Morgan fingerprint density at radius 1 is 0.829 bits per heavy atom. The van der Waals surface area contributed by atoms with Gasteiger partial charge in [0.25, 0.3) is 0 Å². The van der Waals surface area contributed by atoms with Crippen molar-refractivity contribution in [1.82, 2.24) is 25.1 Å². The molecule has 35 heavy (non-hydrogen) atoms. The molecule has 2 aliphatic rings. The fourth-order valence-corrected chi connectivity index (χ4v) is 4.07. The van der Waals surface area contributed by atoms with E-state index < -0.39 is 0 Å². The van der Waals surface area contributed by atoms with Crippen molar-refractivity contribution in [3.8, 4) is 0 Å². The van der Waals surface area contributed by atoms with E-state index in [1.165, 1.54) is 5.70 Å². The van der Waals surface area contributed by atoms with Gasteiger partial charge in [0.2, 0.25) is 0 Å². The molecular formula is C29H36N6. The second-order valence-electron chi connectivity index (χ2n) is 9.66. The summed E-state index contributed by atoms with van der Waals surface area (Å²) in [5, 5.41) is 3.50. The standard InChI is InChI=1S/C29H36N6/c1-29(2)14-9-13-28(33-24-29)23-35(22-27-12-5-8-17-32-27)19-18-34(20-25-10-3-6-15-30-25)21-26-11-4-7-16-31-26/h3-15,17,24,31H,16,18-23H2,1-2H3.